The summed E-state index contributed by atoms with van der Waals surface area (Å²) in [5.41, 5.74) is 2.35. The molecule has 0 radical (unpaired) electrons. The van der Waals surface area contributed by atoms with Gasteiger partial charge in [-0.1, -0.05) is 61.2 Å². The van der Waals surface area contributed by atoms with Crippen LogP contribution >= 0.6 is 0 Å². The molecule has 0 saturated carbocycles. The predicted molar refractivity (Wildman–Crippen MR) is 65.4 cm³/mol. The zero-order chi connectivity index (χ0) is 12.3. The van der Waals surface area contributed by atoms with Crippen LogP contribution in [-0.4, -0.2) is 5.97 Å². The van der Waals surface area contributed by atoms with Gasteiger partial charge in [-0.15, -0.1) is 0 Å². The smallest absolute Gasteiger partial charge is 0.545 e. The van der Waals surface area contributed by atoms with Gasteiger partial charge in [0, 0.05) is 5.56 Å². The molecule has 0 bridgehead atoms. The maximum atomic E-state index is 11.0. The van der Waals surface area contributed by atoms with Crippen LogP contribution in [0.4, 0.5) is 0 Å². The molecule has 0 aromatic heterocycles. The Morgan fingerprint density at radius 2 is 1.39 bits per heavy atom. The third-order valence-electron chi connectivity index (χ3n) is 2.59. The van der Waals surface area contributed by atoms with Crippen molar-refractivity contribution in [1.82, 2.24) is 0 Å². The van der Waals surface area contributed by atoms with Gasteiger partial charge in [0.1, 0.15) is 0 Å². The molecular formula is C15H11NaO2. The molecule has 18 heavy (non-hydrogen) atoms. The molecule has 0 aliphatic heterocycles. The van der Waals surface area contributed by atoms with Gasteiger partial charge in [0.15, 0.2) is 0 Å². The summed E-state index contributed by atoms with van der Waals surface area (Å²) in [6, 6.07) is 16.2. The molecule has 0 saturated heterocycles. The fraction of sp³-hybridized carbons (Fsp3) is 0. The van der Waals surface area contributed by atoms with Gasteiger partial charge in [0.05, 0.1) is 5.97 Å². The van der Waals surface area contributed by atoms with E-state index in [1.165, 1.54) is 6.07 Å². The number of carboxylic acids is 1. The molecule has 0 spiro atoms. The summed E-state index contributed by atoms with van der Waals surface area (Å²) in [6.07, 6.45) is 0. The van der Waals surface area contributed by atoms with Crippen LogP contribution in [0.3, 0.4) is 0 Å². The van der Waals surface area contributed by atoms with Crippen molar-refractivity contribution < 1.29 is 39.5 Å². The molecule has 0 aliphatic carbocycles. The Hall–Kier alpha value is -1.35. The Morgan fingerprint density at radius 1 is 0.889 bits per heavy atom. The maximum Gasteiger partial charge on any atom is 1.00 e. The summed E-state index contributed by atoms with van der Waals surface area (Å²) in [6.45, 7) is 3.95. The summed E-state index contributed by atoms with van der Waals surface area (Å²) in [4.78, 5) is 11.0. The third kappa shape index (κ3) is 3.10. The number of benzene rings is 2. The predicted octanol–water partition coefficient (Wildman–Crippen LogP) is -0.884. The van der Waals surface area contributed by atoms with Crippen LogP contribution in [0.1, 0.15) is 21.5 Å². The van der Waals surface area contributed by atoms with E-state index in [9.17, 15) is 9.90 Å². The van der Waals surface area contributed by atoms with Gasteiger partial charge in [0.25, 0.3) is 0 Å². The minimum absolute atomic E-state index is 0. The molecule has 84 valence electrons. The number of aromatic carboxylic acids is 1. The number of carbonyl (C=O) groups is 1. The van der Waals surface area contributed by atoms with E-state index in [4.69, 9.17) is 0 Å². The summed E-state index contributed by atoms with van der Waals surface area (Å²) in [7, 11) is 0. The van der Waals surface area contributed by atoms with Crippen molar-refractivity contribution in [3.05, 3.63) is 77.9 Å². The quantitative estimate of drug-likeness (QED) is 0.660. The summed E-state index contributed by atoms with van der Waals surface area (Å²) < 4.78 is 0. The van der Waals surface area contributed by atoms with Crippen LogP contribution in [0.25, 0.3) is 5.57 Å². The number of carboxylic acid groups (broad SMARTS) is 1. The molecule has 0 heterocycles. The van der Waals surface area contributed by atoms with Crippen LogP contribution in [0, 0.1) is 0 Å². The standard InChI is InChI=1S/C15H12O2.Na/c1-11(12-7-3-2-4-8-12)13-9-5-6-10-14(13)15(16)17;/h2-10H,1H2,(H,16,17);/q;+1/p-1. The van der Waals surface area contributed by atoms with Gasteiger partial charge in [-0.2, -0.15) is 0 Å². The molecule has 2 aromatic rings. The Balaban J connectivity index is 0.00000162. The van der Waals surface area contributed by atoms with E-state index in [0.29, 0.717) is 11.1 Å². The molecule has 0 unspecified atom stereocenters. The number of hydrogen-bond donors (Lipinski definition) is 0. The van der Waals surface area contributed by atoms with Crippen molar-refractivity contribution in [3.8, 4) is 0 Å². The first-order valence-corrected chi connectivity index (χ1v) is 5.25. The zero-order valence-electron chi connectivity index (χ0n) is 10.2. The second-order valence-corrected chi connectivity index (χ2v) is 3.68. The first kappa shape index (κ1) is 14.7. The van der Waals surface area contributed by atoms with E-state index in [0.717, 1.165) is 5.56 Å². The van der Waals surface area contributed by atoms with Crippen molar-refractivity contribution in [3.63, 3.8) is 0 Å². The molecule has 0 atom stereocenters. The SMILES string of the molecule is C=C(c1ccccc1)c1ccccc1C(=O)[O-].[Na+]. The van der Waals surface area contributed by atoms with Crippen molar-refractivity contribution in [2.24, 2.45) is 0 Å². The van der Waals surface area contributed by atoms with Crippen molar-refractivity contribution in [2.45, 2.75) is 0 Å². The Morgan fingerprint density at radius 3 is 1.94 bits per heavy atom. The largest absolute Gasteiger partial charge is 1.00 e. The molecule has 2 rings (SSSR count). The first-order chi connectivity index (χ1) is 8.20. The molecule has 2 aromatic carbocycles. The van der Waals surface area contributed by atoms with E-state index in [1.807, 2.05) is 30.3 Å². The van der Waals surface area contributed by atoms with Gasteiger partial charge in [-0.3, -0.25) is 0 Å². The molecule has 0 aliphatic rings. The van der Waals surface area contributed by atoms with Gasteiger partial charge in [0.2, 0.25) is 0 Å². The molecule has 0 amide bonds. The van der Waals surface area contributed by atoms with Crippen LogP contribution in [0.15, 0.2) is 61.2 Å². The Bertz CT molecular complexity index is 562. The van der Waals surface area contributed by atoms with E-state index in [2.05, 4.69) is 6.58 Å². The van der Waals surface area contributed by atoms with E-state index in [1.54, 1.807) is 18.2 Å². The summed E-state index contributed by atoms with van der Waals surface area (Å²) in [5.74, 6) is -1.18. The van der Waals surface area contributed by atoms with E-state index < -0.39 is 5.97 Å². The van der Waals surface area contributed by atoms with Gasteiger partial charge >= 0.3 is 29.6 Å². The van der Waals surface area contributed by atoms with Crippen molar-refractivity contribution >= 4 is 11.5 Å². The van der Waals surface area contributed by atoms with Crippen LogP contribution in [0.2, 0.25) is 0 Å². The van der Waals surface area contributed by atoms with E-state index >= 15 is 0 Å². The zero-order valence-corrected chi connectivity index (χ0v) is 12.2. The van der Waals surface area contributed by atoms with E-state index in [-0.39, 0.29) is 35.1 Å². The average Bonchev–Trinajstić information content (AvgIpc) is 2.39. The number of carbonyl (C=O) groups excluding carboxylic acids is 1. The van der Waals surface area contributed by atoms with Gasteiger partial charge in [-0.05, 0) is 16.7 Å². The van der Waals surface area contributed by atoms with Crippen LogP contribution in [-0.2, 0) is 0 Å². The normalized spacial score (nSPS) is 9.33. The minimum Gasteiger partial charge on any atom is -0.545 e. The monoisotopic (exact) mass is 246 g/mol. The van der Waals surface area contributed by atoms with Gasteiger partial charge in [-0.25, -0.2) is 0 Å². The van der Waals surface area contributed by atoms with Crippen LogP contribution in [0.5, 0.6) is 0 Å². The Labute approximate surface area is 128 Å². The fourth-order valence-corrected chi connectivity index (χ4v) is 1.72. The second kappa shape index (κ2) is 6.55. The molecule has 0 N–H and O–H groups in total. The number of rotatable bonds is 3. The third-order valence-corrected chi connectivity index (χ3v) is 2.59. The fourth-order valence-electron chi connectivity index (χ4n) is 1.72. The van der Waals surface area contributed by atoms with Crippen molar-refractivity contribution in [2.75, 3.05) is 0 Å². The molecular weight excluding hydrogens is 235 g/mol. The van der Waals surface area contributed by atoms with Crippen molar-refractivity contribution in [1.29, 1.82) is 0 Å². The number of hydrogen-bond acceptors (Lipinski definition) is 2. The molecule has 2 nitrogen and oxygen atoms in total. The first-order valence-electron chi connectivity index (χ1n) is 5.25. The molecule has 0 fully saturated rings. The topological polar surface area (TPSA) is 40.1 Å². The average molecular weight is 246 g/mol. The van der Waals surface area contributed by atoms with Gasteiger partial charge < -0.3 is 9.90 Å². The summed E-state index contributed by atoms with van der Waals surface area (Å²) in [5, 5.41) is 11.0. The second-order valence-electron chi connectivity index (χ2n) is 3.68. The molecule has 3 heteroatoms. The minimum atomic E-state index is -1.18. The summed E-state index contributed by atoms with van der Waals surface area (Å²) >= 11 is 0. The Kier molecular flexibility index (Phi) is 5.35. The van der Waals surface area contributed by atoms with Crippen LogP contribution < -0.4 is 34.7 Å². The maximum absolute atomic E-state index is 11.0.